The maximum Gasteiger partial charge on any atom is 0.324 e. The third-order valence-electron chi connectivity index (χ3n) is 4.95. The van der Waals surface area contributed by atoms with Crippen LogP contribution in [0.15, 0.2) is 24.3 Å². The van der Waals surface area contributed by atoms with Crippen molar-refractivity contribution in [2.75, 3.05) is 12.3 Å². The van der Waals surface area contributed by atoms with E-state index in [1.807, 2.05) is 24.3 Å². The molecule has 5 nitrogen and oxygen atoms in total. The monoisotopic (exact) mass is 323 g/mol. The molecular formula is C16H21NO4S. The highest BCUT2D eigenvalue weighted by molar-refractivity contribution is 7.89. The summed E-state index contributed by atoms with van der Waals surface area (Å²) in [6.07, 6.45) is 2.50. The first kappa shape index (κ1) is 15.5. The van der Waals surface area contributed by atoms with E-state index in [9.17, 15) is 18.3 Å². The average Bonchev–Trinajstić information content (AvgIpc) is 3.01. The maximum absolute atomic E-state index is 12.7. The minimum atomic E-state index is -3.56. The summed E-state index contributed by atoms with van der Waals surface area (Å²) < 4.78 is 26.7. The van der Waals surface area contributed by atoms with Gasteiger partial charge in [-0.15, -0.1) is 0 Å². The van der Waals surface area contributed by atoms with Crippen LogP contribution in [0.25, 0.3) is 0 Å². The first-order chi connectivity index (χ1) is 10.3. The van der Waals surface area contributed by atoms with Gasteiger partial charge in [0.25, 0.3) is 0 Å². The molecule has 2 aliphatic rings. The summed E-state index contributed by atoms with van der Waals surface area (Å²) in [5.41, 5.74) is 1.14. The Hall–Kier alpha value is -1.40. The van der Waals surface area contributed by atoms with Crippen LogP contribution in [0.2, 0.25) is 0 Å². The second-order valence-corrected chi connectivity index (χ2v) is 8.51. The zero-order chi connectivity index (χ0) is 16.0. The van der Waals surface area contributed by atoms with E-state index < -0.39 is 21.5 Å². The predicted molar refractivity (Wildman–Crippen MR) is 83.1 cm³/mol. The van der Waals surface area contributed by atoms with E-state index >= 15 is 0 Å². The lowest BCUT2D eigenvalue weighted by Crippen LogP contribution is -2.51. The molecule has 1 saturated heterocycles. The third kappa shape index (κ3) is 2.54. The molecule has 1 fully saturated rings. The second kappa shape index (κ2) is 5.35. The van der Waals surface area contributed by atoms with Crippen molar-refractivity contribution < 1.29 is 18.3 Å². The highest BCUT2D eigenvalue weighted by Crippen LogP contribution is 2.34. The van der Waals surface area contributed by atoms with Gasteiger partial charge < -0.3 is 5.11 Å². The molecule has 22 heavy (non-hydrogen) atoms. The molecule has 1 aliphatic carbocycles. The van der Waals surface area contributed by atoms with Gasteiger partial charge in [-0.2, -0.15) is 4.31 Å². The molecule has 0 aromatic heterocycles. The van der Waals surface area contributed by atoms with Gasteiger partial charge in [0.05, 0.1) is 5.75 Å². The van der Waals surface area contributed by atoms with Crippen LogP contribution in [0, 0.1) is 5.92 Å². The fraction of sp³-hybridized carbons (Fsp3) is 0.562. The van der Waals surface area contributed by atoms with E-state index in [1.165, 1.54) is 22.4 Å². The number of carbonyl (C=O) groups is 1. The number of fused-ring (bicyclic) bond motifs is 1. The Morgan fingerprint density at radius 3 is 2.45 bits per heavy atom. The van der Waals surface area contributed by atoms with Crippen LogP contribution >= 0.6 is 0 Å². The Morgan fingerprint density at radius 2 is 1.91 bits per heavy atom. The van der Waals surface area contributed by atoms with Crippen molar-refractivity contribution >= 4 is 16.0 Å². The van der Waals surface area contributed by atoms with Crippen LogP contribution < -0.4 is 0 Å². The summed E-state index contributed by atoms with van der Waals surface area (Å²) in [6.45, 7) is 1.83. The van der Waals surface area contributed by atoms with E-state index in [2.05, 4.69) is 0 Å². The Balaban J connectivity index is 1.77. The number of sulfonamides is 1. The van der Waals surface area contributed by atoms with Gasteiger partial charge in [-0.05, 0) is 49.7 Å². The van der Waals surface area contributed by atoms with Crippen molar-refractivity contribution in [3.8, 4) is 0 Å². The number of carboxylic acid groups (broad SMARTS) is 1. The van der Waals surface area contributed by atoms with E-state index in [1.54, 1.807) is 0 Å². The van der Waals surface area contributed by atoms with Crippen molar-refractivity contribution in [3.63, 3.8) is 0 Å². The number of nitrogens with zero attached hydrogens (tertiary/aromatic N) is 1. The SMILES string of the molecule is C[C@]1(C(=O)O)CCCN1S(=O)(=O)CC1Cc2ccccc2C1. The van der Waals surface area contributed by atoms with Crippen LogP contribution in [-0.4, -0.2) is 41.6 Å². The van der Waals surface area contributed by atoms with Gasteiger partial charge in [-0.1, -0.05) is 24.3 Å². The molecule has 1 aromatic carbocycles. The number of aliphatic carboxylic acids is 1. The number of rotatable bonds is 4. The van der Waals surface area contributed by atoms with Crippen molar-refractivity contribution in [2.24, 2.45) is 5.92 Å². The highest BCUT2D eigenvalue weighted by Gasteiger charge is 2.49. The standard InChI is InChI=1S/C16H21NO4S/c1-16(15(18)19)7-4-8-17(16)22(20,21)11-12-9-13-5-2-3-6-14(13)10-12/h2-3,5-6,12H,4,7-11H2,1H3,(H,18,19)/t16-/m1/s1. The number of carboxylic acids is 1. The minimum Gasteiger partial charge on any atom is -0.480 e. The lowest BCUT2D eigenvalue weighted by molar-refractivity contribution is -0.146. The van der Waals surface area contributed by atoms with E-state index in [4.69, 9.17) is 0 Å². The predicted octanol–water partition coefficient (Wildman–Crippen LogP) is 1.67. The molecule has 0 amide bonds. The fourth-order valence-corrected chi connectivity index (χ4v) is 5.96. The Labute approximate surface area is 131 Å². The van der Waals surface area contributed by atoms with Gasteiger partial charge in [0.2, 0.25) is 10.0 Å². The molecule has 1 heterocycles. The average molecular weight is 323 g/mol. The molecule has 0 unspecified atom stereocenters. The third-order valence-corrected chi connectivity index (χ3v) is 7.10. The Bertz CT molecular complexity index is 675. The van der Waals surface area contributed by atoms with E-state index in [0.29, 0.717) is 19.4 Å². The summed E-state index contributed by atoms with van der Waals surface area (Å²) in [5.74, 6) is -0.978. The molecule has 1 N–H and O–H groups in total. The summed E-state index contributed by atoms with van der Waals surface area (Å²) in [7, 11) is -3.56. The summed E-state index contributed by atoms with van der Waals surface area (Å²) in [5, 5.41) is 9.40. The van der Waals surface area contributed by atoms with Crippen molar-refractivity contribution in [1.29, 1.82) is 0 Å². The zero-order valence-corrected chi connectivity index (χ0v) is 13.5. The highest BCUT2D eigenvalue weighted by atomic mass is 32.2. The molecule has 0 bridgehead atoms. The molecule has 120 valence electrons. The Morgan fingerprint density at radius 1 is 1.32 bits per heavy atom. The summed E-state index contributed by atoms with van der Waals surface area (Å²) in [6, 6.07) is 8.02. The van der Waals surface area contributed by atoms with Crippen LogP contribution in [0.1, 0.15) is 30.9 Å². The van der Waals surface area contributed by atoms with Gasteiger partial charge >= 0.3 is 5.97 Å². The number of hydrogen-bond acceptors (Lipinski definition) is 3. The largest absolute Gasteiger partial charge is 0.480 e. The maximum atomic E-state index is 12.7. The molecule has 0 radical (unpaired) electrons. The molecule has 6 heteroatoms. The first-order valence-electron chi connectivity index (χ1n) is 7.63. The van der Waals surface area contributed by atoms with Crippen LogP contribution in [0.4, 0.5) is 0 Å². The van der Waals surface area contributed by atoms with Gasteiger partial charge in [0, 0.05) is 6.54 Å². The van der Waals surface area contributed by atoms with Crippen molar-refractivity contribution in [3.05, 3.63) is 35.4 Å². The number of benzene rings is 1. The minimum absolute atomic E-state index is 0.0323. The molecule has 1 aromatic rings. The molecule has 1 aliphatic heterocycles. The van der Waals surface area contributed by atoms with Crippen molar-refractivity contribution in [1.82, 2.24) is 4.31 Å². The van der Waals surface area contributed by atoms with E-state index in [-0.39, 0.29) is 11.7 Å². The summed E-state index contributed by atoms with van der Waals surface area (Å²) >= 11 is 0. The smallest absolute Gasteiger partial charge is 0.324 e. The van der Waals surface area contributed by atoms with Crippen LogP contribution in [-0.2, 0) is 27.7 Å². The lowest BCUT2D eigenvalue weighted by atomic mass is 10.0. The van der Waals surface area contributed by atoms with Crippen LogP contribution in [0.5, 0.6) is 0 Å². The molecule has 0 saturated carbocycles. The van der Waals surface area contributed by atoms with Gasteiger partial charge in [0.15, 0.2) is 0 Å². The topological polar surface area (TPSA) is 74.7 Å². The van der Waals surface area contributed by atoms with Crippen molar-refractivity contribution in [2.45, 2.75) is 38.1 Å². The number of hydrogen-bond donors (Lipinski definition) is 1. The zero-order valence-electron chi connectivity index (χ0n) is 12.7. The van der Waals surface area contributed by atoms with Gasteiger partial charge in [0.1, 0.15) is 5.54 Å². The Kier molecular flexibility index (Phi) is 3.77. The molecular weight excluding hydrogens is 302 g/mol. The lowest BCUT2D eigenvalue weighted by Gasteiger charge is -2.31. The van der Waals surface area contributed by atoms with Crippen LogP contribution in [0.3, 0.4) is 0 Å². The normalized spacial score (nSPS) is 26.2. The second-order valence-electron chi connectivity index (χ2n) is 6.58. The first-order valence-corrected chi connectivity index (χ1v) is 9.24. The summed E-state index contributed by atoms with van der Waals surface area (Å²) in [4.78, 5) is 11.5. The molecule has 0 spiro atoms. The van der Waals surface area contributed by atoms with Gasteiger partial charge in [-0.3, -0.25) is 4.79 Å². The molecule has 3 rings (SSSR count). The fourth-order valence-electron chi connectivity index (χ4n) is 3.75. The van der Waals surface area contributed by atoms with Gasteiger partial charge in [-0.25, -0.2) is 8.42 Å². The van der Waals surface area contributed by atoms with E-state index in [0.717, 1.165) is 12.8 Å². The molecule has 1 atom stereocenters. The quantitative estimate of drug-likeness (QED) is 0.914.